The van der Waals surface area contributed by atoms with Crippen molar-refractivity contribution in [2.24, 2.45) is 5.92 Å². The van der Waals surface area contributed by atoms with Gasteiger partial charge in [0, 0.05) is 13.5 Å². The van der Waals surface area contributed by atoms with Gasteiger partial charge in [0.05, 0.1) is 12.5 Å². The fourth-order valence-electron chi connectivity index (χ4n) is 1.99. The fourth-order valence-corrected chi connectivity index (χ4v) is 1.99. The first-order chi connectivity index (χ1) is 7.65. The van der Waals surface area contributed by atoms with Gasteiger partial charge >= 0.3 is 5.97 Å². The normalized spacial score (nSPS) is 22.2. The van der Waals surface area contributed by atoms with Gasteiger partial charge in [0.2, 0.25) is 11.8 Å². The summed E-state index contributed by atoms with van der Waals surface area (Å²) in [6.07, 6.45) is 1.67. The summed E-state index contributed by atoms with van der Waals surface area (Å²) in [7, 11) is 0. The Kier molecular flexibility index (Phi) is 3.19. The second kappa shape index (κ2) is 4.61. The van der Waals surface area contributed by atoms with Gasteiger partial charge in [-0.3, -0.25) is 9.69 Å². The maximum Gasteiger partial charge on any atom is 0.307 e. The van der Waals surface area contributed by atoms with Gasteiger partial charge in [-0.1, -0.05) is 0 Å². The molecule has 16 heavy (non-hydrogen) atoms. The van der Waals surface area contributed by atoms with E-state index in [2.05, 4.69) is 15.1 Å². The topological polar surface area (TPSA) is 79.5 Å². The minimum absolute atomic E-state index is 0.266. The maximum atomic E-state index is 10.9. The molecule has 1 aliphatic heterocycles. The van der Waals surface area contributed by atoms with Gasteiger partial charge in [0.25, 0.3) is 0 Å². The number of carboxylic acid groups (broad SMARTS) is 1. The Morgan fingerprint density at radius 2 is 2.44 bits per heavy atom. The molecule has 1 aliphatic rings. The average Bonchev–Trinajstić information content (AvgIpc) is 2.64. The van der Waals surface area contributed by atoms with E-state index in [0.29, 0.717) is 24.9 Å². The Balaban J connectivity index is 1.92. The van der Waals surface area contributed by atoms with E-state index in [1.165, 1.54) is 0 Å². The molecule has 1 atom stereocenters. The maximum absolute atomic E-state index is 10.9. The van der Waals surface area contributed by atoms with Gasteiger partial charge in [-0.2, -0.15) is 0 Å². The molecular weight excluding hydrogens is 210 g/mol. The Morgan fingerprint density at radius 3 is 3.06 bits per heavy atom. The van der Waals surface area contributed by atoms with Gasteiger partial charge in [0.1, 0.15) is 0 Å². The van der Waals surface area contributed by atoms with Crippen molar-refractivity contribution in [2.45, 2.75) is 26.3 Å². The number of aryl methyl sites for hydroxylation is 1. The molecule has 0 aliphatic carbocycles. The van der Waals surface area contributed by atoms with E-state index >= 15 is 0 Å². The van der Waals surface area contributed by atoms with E-state index in [0.717, 1.165) is 19.4 Å². The van der Waals surface area contributed by atoms with Crippen LogP contribution in [-0.2, 0) is 11.3 Å². The molecule has 1 aromatic heterocycles. The quantitative estimate of drug-likeness (QED) is 0.814. The van der Waals surface area contributed by atoms with Crippen LogP contribution in [0.15, 0.2) is 4.42 Å². The summed E-state index contributed by atoms with van der Waals surface area (Å²) in [6, 6.07) is 0. The van der Waals surface area contributed by atoms with Crippen LogP contribution in [0.4, 0.5) is 0 Å². The molecule has 0 spiro atoms. The van der Waals surface area contributed by atoms with Crippen LogP contribution in [-0.4, -0.2) is 39.3 Å². The number of likely N-dealkylation sites (tertiary alicyclic amines) is 1. The Bertz CT molecular complexity index is 377. The highest BCUT2D eigenvalue weighted by molar-refractivity contribution is 5.70. The van der Waals surface area contributed by atoms with Gasteiger partial charge in [-0.05, 0) is 19.4 Å². The number of nitrogens with zero attached hydrogens (tertiary/aromatic N) is 3. The van der Waals surface area contributed by atoms with E-state index in [1.807, 2.05) is 0 Å². The fraction of sp³-hybridized carbons (Fsp3) is 0.700. The highest BCUT2D eigenvalue weighted by atomic mass is 16.4. The van der Waals surface area contributed by atoms with E-state index in [9.17, 15) is 4.79 Å². The second-order valence-corrected chi connectivity index (χ2v) is 4.13. The number of hydrogen-bond acceptors (Lipinski definition) is 5. The average molecular weight is 225 g/mol. The number of aliphatic carboxylic acids is 1. The van der Waals surface area contributed by atoms with Crippen LogP contribution >= 0.6 is 0 Å². The van der Waals surface area contributed by atoms with Crippen molar-refractivity contribution in [1.29, 1.82) is 0 Å². The molecule has 6 nitrogen and oxygen atoms in total. The largest absolute Gasteiger partial charge is 0.481 e. The van der Waals surface area contributed by atoms with Gasteiger partial charge in [-0.25, -0.2) is 0 Å². The van der Waals surface area contributed by atoms with Crippen molar-refractivity contribution < 1.29 is 14.3 Å². The van der Waals surface area contributed by atoms with Crippen molar-refractivity contribution in [3.8, 4) is 0 Å². The summed E-state index contributed by atoms with van der Waals surface area (Å²) in [5, 5.41) is 16.6. The molecule has 0 saturated carbocycles. The lowest BCUT2D eigenvalue weighted by molar-refractivity contribution is -0.143. The number of piperidine rings is 1. The Morgan fingerprint density at radius 1 is 1.62 bits per heavy atom. The highest BCUT2D eigenvalue weighted by Gasteiger charge is 2.26. The monoisotopic (exact) mass is 225 g/mol. The SMILES string of the molecule is Cc1nnc(CN2CCCC(C(=O)O)C2)o1. The lowest BCUT2D eigenvalue weighted by atomic mass is 9.98. The molecule has 0 bridgehead atoms. The van der Waals surface area contributed by atoms with Crippen LogP contribution in [0.25, 0.3) is 0 Å². The van der Waals surface area contributed by atoms with Crippen molar-refractivity contribution in [1.82, 2.24) is 15.1 Å². The van der Waals surface area contributed by atoms with Crippen LogP contribution in [0.3, 0.4) is 0 Å². The molecule has 0 amide bonds. The molecule has 0 radical (unpaired) electrons. The summed E-state index contributed by atoms with van der Waals surface area (Å²) in [5.41, 5.74) is 0. The van der Waals surface area contributed by atoms with Crippen LogP contribution in [0.2, 0.25) is 0 Å². The van der Waals surface area contributed by atoms with Crippen molar-refractivity contribution in [2.75, 3.05) is 13.1 Å². The molecule has 6 heteroatoms. The van der Waals surface area contributed by atoms with E-state index in [4.69, 9.17) is 9.52 Å². The standard InChI is InChI=1S/C10H15N3O3/c1-7-11-12-9(16-7)6-13-4-2-3-8(5-13)10(14)15/h8H,2-6H2,1H3,(H,14,15). The Hall–Kier alpha value is -1.43. The first-order valence-corrected chi connectivity index (χ1v) is 5.39. The molecule has 1 N–H and O–H groups in total. The summed E-state index contributed by atoms with van der Waals surface area (Å²) >= 11 is 0. The van der Waals surface area contributed by atoms with Gasteiger partial charge in [-0.15, -0.1) is 10.2 Å². The lowest BCUT2D eigenvalue weighted by Gasteiger charge is -2.29. The lowest BCUT2D eigenvalue weighted by Crippen LogP contribution is -2.38. The van der Waals surface area contributed by atoms with Crippen LogP contribution in [0.5, 0.6) is 0 Å². The van der Waals surface area contributed by atoms with Crippen LogP contribution in [0, 0.1) is 12.8 Å². The Labute approximate surface area is 93.3 Å². The predicted octanol–water partition coefficient (Wildman–Crippen LogP) is 0.675. The molecule has 1 unspecified atom stereocenters. The molecule has 88 valence electrons. The van der Waals surface area contributed by atoms with Gasteiger partial charge < -0.3 is 9.52 Å². The van der Waals surface area contributed by atoms with Crippen molar-refractivity contribution in [3.63, 3.8) is 0 Å². The first kappa shape index (κ1) is 11.1. The summed E-state index contributed by atoms with van der Waals surface area (Å²) in [5.74, 6) is 0.120. The zero-order chi connectivity index (χ0) is 11.5. The number of carbonyl (C=O) groups is 1. The molecule has 2 rings (SSSR count). The second-order valence-electron chi connectivity index (χ2n) is 4.13. The number of hydrogen-bond donors (Lipinski definition) is 1. The zero-order valence-electron chi connectivity index (χ0n) is 9.22. The van der Waals surface area contributed by atoms with E-state index in [1.54, 1.807) is 6.92 Å². The third-order valence-electron chi connectivity index (χ3n) is 2.78. The minimum atomic E-state index is -0.716. The number of rotatable bonds is 3. The third kappa shape index (κ3) is 2.57. The predicted molar refractivity (Wildman–Crippen MR) is 54.7 cm³/mol. The van der Waals surface area contributed by atoms with Crippen LogP contribution < -0.4 is 0 Å². The molecule has 1 fully saturated rings. The van der Waals surface area contributed by atoms with Crippen LogP contribution in [0.1, 0.15) is 24.6 Å². The van der Waals surface area contributed by atoms with E-state index < -0.39 is 5.97 Å². The summed E-state index contributed by atoms with van der Waals surface area (Å²) in [6.45, 7) is 3.75. The van der Waals surface area contributed by atoms with Crippen molar-refractivity contribution in [3.05, 3.63) is 11.8 Å². The molecular formula is C10H15N3O3. The van der Waals surface area contributed by atoms with Crippen molar-refractivity contribution >= 4 is 5.97 Å². The highest BCUT2D eigenvalue weighted by Crippen LogP contribution is 2.18. The smallest absolute Gasteiger partial charge is 0.307 e. The molecule has 1 aromatic rings. The number of carboxylic acids is 1. The first-order valence-electron chi connectivity index (χ1n) is 5.39. The molecule has 0 aromatic carbocycles. The summed E-state index contributed by atoms with van der Waals surface area (Å²) in [4.78, 5) is 12.9. The van der Waals surface area contributed by atoms with E-state index in [-0.39, 0.29) is 5.92 Å². The van der Waals surface area contributed by atoms with Gasteiger partial charge in [0.15, 0.2) is 0 Å². The zero-order valence-corrected chi connectivity index (χ0v) is 9.22. The number of aromatic nitrogens is 2. The minimum Gasteiger partial charge on any atom is -0.481 e. The molecule has 1 saturated heterocycles. The molecule has 2 heterocycles. The third-order valence-corrected chi connectivity index (χ3v) is 2.78. The summed E-state index contributed by atoms with van der Waals surface area (Å²) < 4.78 is 5.27.